The molecule has 0 heterocycles. The zero-order chi connectivity index (χ0) is 12.3. The van der Waals surface area contributed by atoms with Crippen LogP contribution in [-0.2, 0) is 0 Å². The van der Waals surface area contributed by atoms with Gasteiger partial charge in [-0.2, -0.15) is 0 Å². The summed E-state index contributed by atoms with van der Waals surface area (Å²) in [4.78, 5) is 0. The lowest BCUT2D eigenvalue weighted by molar-refractivity contribution is -0.275. The number of benzene rings is 1. The minimum Gasteiger partial charge on any atom is -0.403 e. The van der Waals surface area contributed by atoms with Crippen LogP contribution in [0, 0.1) is 5.82 Å². The monoisotopic (exact) mass is 239 g/mol. The first-order chi connectivity index (χ1) is 7.33. The van der Waals surface area contributed by atoms with E-state index in [1.807, 2.05) is 0 Å². The van der Waals surface area contributed by atoms with Crippen LogP contribution < -0.4 is 10.5 Å². The number of rotatable bonds is 3. The van der Waals surface area contributed by atoms with Crippen LogP contribution in [0.5, 0.6) is 5.75 Å². The van der Waals surface area contributed by atoms with Gasteiger partial charge >= 0.3 is 6.36 Å². The lowest BCUT2D eigenvalue weighted by Crippen LogP contribution is -2.19. The molecule has 0 radical (unpaired) electrons. The molecular weight excluding hydrogens is 230 g/mol. The van der Waals surface area contributed by atoms with Crippen LogP contribution in [0.4, 0.5) is 17.6 Å². The van der Waals surface area contributed by atoms with Crippen molar-refractivity contribution in [2.75, 3.05) is 6.61 Å². The van der Waals surface area contributed by atoms with Crippen molar-refractivity contribution >= 4 is 0 Å². The number of nitrogens with two attached hydrogens (primary N) is 1. The number of hydrogen-bond donors (Lipinski definition) is 2. The summed E-state index contributed by atoms with van der Waals surface area (Å²) in [5, 5.41) is 8.68. The molecule has 0 unspecified atom stereocenters. The Morgan fingerprint density at radius 1 is 1.38 bits per heavy atom. The molecule has 0 saturated carbocycles. The van der Waals surface area contributed by atoms with E-state index in [9.17, 15) is 17.6 Å². The standard InChI is InChI=1S/C9H9F4NO2/c10-6-3-5(7(14)4-15)1-2-8(6)16-9(11,12)13/h1-3,7,15H,4,14H2/t7-/m1/s1. The molecule has 0 aromatic heterocycles. The van der Waals surface area contributed by atoms with E-state index in [4.69, 9.17) is 10.8 Å². The fourth-order valence-electron chi connectivity index (χ4n) is 1.06. The van der Waals surface area contributed by atoms with Crippen LogP contribution in [0.2, 0.25) is 0 Å². The van der Waals surface area contributed by atoms with Gasteiger partial charge in [0.1, 0.15) is 0 Å². The van der Waals surface area contributed by atoms with E-state index >= 15 is 0 Å². The van der Waals surface area contributed by atoms with Gasteiger partial charge in [-0.05, 0) is 17.7 Å². The highest BCUT2D eigenvalue weighted by atomic mass is 19.4. The number of alkyl halides is 3. The van der Waals surface area contributed by atoms with E-state index in [1.165, 1.54) is 0 Å². The molecule has 1 aromatic rings. The molecule has 90 valence electrons. The Labute approximate surface area is 88.4 Å². The first kappa shape index (κ1) is 12.7. The van der Waals surface area contributed by atoms with E-state index in [0.717, 1.165) is 18.2 Å². The molecular formula is C9H9F4NO2. The second kappa shape index (κ2) is 4.67. The van der Waals surface area contributed by atoms with Crippen molar-refractivity contribution in [1.82, 2.24) is 0 Å². The molecule has 0 saturated heterocycles. The largest absolute Gasteiger partial charge is 0.573 e. The van der Waals surface area contributed by atoms with E-state index in [0.29, 0.717) is 0 Å². The number of aliphatic hydroxyl groups is 1. The summed E-state index contributed by atoms with van der Waals surface area (Å²) < 4.78 is 51.9. The molecule has 7 heteroatoms. The Balaban J connectivity index is 2.92. The Hall–Kier alpha value is -1.34. The Morgan fingerprint density at radius 3 is 2.44 bits per heavy atom. The third-order valence-electron chi connectivity index (χ3n) is 1.81. The third-order valence-corrected chi connectivity index (χ3v) is 1.81. The second-order valence-corrected chi connectivity index (χ2v) is 3.03. The van der Waals surface area contributed by atoms with Crippen molar-refractivity contribution < 1.29 is 27.4 Å². The van der Waals surface area contributed by atoms with Gasteiger partial charge in [-0.1, -0.05) is 6.07 Å². The minimum atomic E-state index is -4.94. The lowest BCUT2D eigenvalue weighted by Gasteiger charge is -2.12. The molecule has 3 nitrogen and oxygen atoms in total. The van der Waals surface area contributed by atoms with E-state index in [1.54, 1.807) is 0 Å². The average Bonchev–Trinajstić information content (AvgIpc) is 2.18. The molecule has 0 aliphatic rings. The van der Waals surface area contributed by atoms with Gasteiger partial charge in [-0.15, -0.1) is 13.2 Å². The van der Waals surface area contributed by atoms with Gasteiger partial charge in [-0.3, -0.25) is 0 Å². The van der Waals surface area contributed by atoms with Crippen molar-refractivity contribution in [2.45, 2.75) is 12.4 Å². The molecule has 0 aliphatic carbocycles. The van der Waals surface area contributed by atoms with E-state index < -0.39 is 30.6 Å². The summed E-state index contributed by atoms with van der Waals surface area (Å²) in [6, 6.07) is 1.93. The second-order valence-electron chi connectivity index (χ2n) is 3.03. The maximum Gasteiger partial charge on any atom is 0.573 e. The van der Waals surface area contributed by atoms with Crippen LogP contribution in [0.25, 0.3) is 0 Å². The summed E-state index contributed by atoms with van der Waals surface area (Å²) in [6.07, 6.45) is -4.94. The number of halogens is 4. The molecule has 0 bridgehead atoms. The first-order valence-corrected chi connectivity index (χ1v) is 4.25. The molecule has 0 spiro atoms. The molecule has 16 heavy (non-hydrogen) atoms. The van der Waals surface area contributed by atoms with Gasteiger partial charge in [0.15, 0.2) is 11.6 Å². The lowest BCUT2D eigenvalue weighted by atomic mass is 10.1. The summed E-state index contributed by atoms with van der Waals surface area (Å²) >= 11 is 0. The predicted octanol–water partition coefficient (Wildman–Crippen LogP) is 1.72. The zero-order valence-electron chi connectivity index (χ0n) is 7.96. The maximum atomic E-state index is 13.1. The molecule has 0 amide bonds. The third kappa shape index (κ3) is 3.35. The molecule has 3 N–H and O–H groups in total. The smallest absolute Gasteiger partial charge is 0.403 e. The van der Waals surface area contributed by atoms with Crippen LogP contribution in [0.1, 0.15) is 11.6 Å². The predicted molar refractivity (Wildman–Crippen MR) is 47.1 cm³/mol. The van der Waals surface area contributed by atoms with Gasteiger partial charge in [0.25, 0.3) is 0 Å². The van der Waals surface area contributed by atoms with E-state index in [-0.39, 0.29) is 5.56 Å². The summed E-state index contributed by atoms with van der Waals surface area (Å²) in [5.41, 5.74) is 5.55. The Bertz CT molecular complexity index is 367. The van der Waals surface area contributed by atoms with Crippen molar-refractivity contribution in [1.29, 1.82) is 0 Å². The van der Waals surface area contributed by atoms with Crippen LogP contribution >= 0.6 is 0 Å². The van der Waals surface area contributed by atoms with Gasteiger partial charge in [-0.25, -0.2) is 4.39 Å². The quantitative estimate of drug-likeness (QED) is 0.789. The van der Waals surface area contributed by atoms with Gasteiger partial charge in [0, 0.05) is 0 Å². The molecule has 0 fully saturated rings. The SMILES string of the molecule is N[C@H](CO)c1ccc(OC(F)(F)F)c(F)c1. The van der Waals surface area contributed by atoms with Gasteiger partial charge < -0.3 is 15.6 Å². The molecule has 1 aromatic carbocycles. The van der Waals surface area contributed by atoms with E-state index in [2.05, 4.69) is 4.74 Å². The summed E-state index contributed by atoms with van der Waals surface area (Å²) in [5.74, 6) is -2.11. The fourth-order valence-corrected chi connectivity index (χ4v) is 1.06. The topological polar surface area (TPSA) is 55.5 Å². The van der Waals surface area contributed by atoms with Crippen LogP contribution in [0.3, 0.4) is 0 Å². The minimum absolute atomic E-state index is 0.189. The van der Waals surface area contributed by atoms with Crippen molar-refractivity contribution in [3.63, 3.8) is 0 Å². The van der Waals surface area contributed by atoms with Crippen LogP contribution in [0.15, 0.2) is 18.2 Å². The highest BCUT2D eigenvalue weighted by molar-refractivity contribution is 5.31. The highest BCUT2D eigenvalue weighted by Crippen LogP contribution is 2.27. The number of aliphatic hydroxyl groups excluding tert-OH is 1. The van der Waals surface area contributed by atoms with Crippen LogP contribution in [-0.4, -0.2) is 18.1 Å². The number of ether oxygens (including phenoxy) is 1. The van der Waals surface area contributed by atoms with Crippen molar-refractivity contribution in [2.24, 2.45) is 5.73 Å². The average molecular weight is 239 g/mol. The Morgan fingerprint density at radius 2 is 2.00 bits per heavy atom. The normalized spacial score (nSPS) is 13.6. The van der Waals surface area contributed by atoms with Gasteiger partial charge in [0.2, 0.25) is 0 Å². The van der Waals surface area contributed by atoms with Crippen molar-refractivity contribution in [3.05, 3.63) is 29.6 Å². The first-order valence-electron chi connectivity index (χ1n) is 4.25. The fraction of sp³-hybridized carbons (Fsp3) is 0.333. The summed E-state index contributed by atoms with van der Waals surface area (Å²) in [7, 11) is 0. The maximum absolute atomic E-state index is 13.1. The highest BCUT2D eigenvalue weighted by Gasteiger charge is 2.32. The molecule has 1 rings (SSSR count). The van der Waals surface area contributed by atoms with Crippen molar-refractivity contribution in [3.8, 4) is 5.75 Å². The molecule has 0 aliphatic heterocycles. The zero-order valence-corrected chi connectivity index (χ0v) is 7.96. The molecule has 1 atom stereocenters. The summed E-state index contributed by atoms with van der Waals surface area (Å²) in [6.45, 7) is -0.432. The Kier molecular flexibility index (Phi) is 3.71. The number of hydrogen-bond acceptors (Lipinski definition) is 3. The van der Waals surface area contributed by atoms with Gasteiger partial charge in [0.05, 0.1) is 12.6 Å².